The Bertz CT molecular complexity index is 1180. The van der Waals surface area contributed by atoms with Crippen LogP contribution in [0.3, 0.4) is 0 Å². The Morgan fingerprint density at radius 3 is 2.33 bits per heavy atom. The molecule has 0 aliphatic rings. The van der Waals surface area contributed by atoms with Gasteiger partial charge in [0.2, 0.25) is 0 Å². The Labute approximate surface area is 174 Å². The van der Waals surface area contributed by atoms with Crippen molar-refractivity contribution in [3.8, 4) is 0 Å². The number of hydrogen-bond acceptors (Lipinski definition) is 5. The third-order valence-corrected chi connectivity index (χ3v) is 5.57. The molecule has 0 aliphatic heterocycles. The van der Waals surface area contributed by atoms with Crippen molar-refractivity contribution in [3.05, 3.63) is 46.1 Å². The Morgan fingerprint density at radius 2 is 1.77 bits per heavy atom. The summed E-state index contributed by atoms with van der Waals surface area (Å²) >= 11 is 1.40. The number of nitrogens with one attached hydrogen (secondary N) is 2. The summed E-state index contributed by atoms with van der Waals surface area (Å²) in [5, 5.41) is 5.27. The van der Waals surface area contributed by atoms with E-state index in [2.05, 4.69) is 15.6 Å². The number of aryl methyl sites for hydroxylation is 2. The first-order chi connectivity index (χ1) is 14.1. The van der Waals surface area contributed by atoms with Gasteiger partial charge < -0.3 is 10.6 Å². The van der Waals surface area contributed by atoms with Crippen LogP contribution in [0.1, 0.15) is 23.0 Å². The molecule has 1 amide bonds. The first kappa shape index (κ1) is 21.8. The largest absolute Gasteiger partial charge is 0.433 e. The van der Waals surface area contributed by atoms with Crippen LogP contribution in [0.25, 0.3) is 11.0 Å². The molecule has 2 heterocycles. The summed E-state index contributed by atoms with van der Waals surface area (Å²) in [5.41, 5.74) is 0.329. The second kappa shape index (κ2) is 8.05. The molecule has 2 aromatic heterocycles. The molecular weight excluding hydrogens is 419 g/mol. The molecule has 3 aromatic rings. The maximum absolute atomic E-state index is 13.1. The minimum Gasteiger partial charge on any atom is -0.385 e. The third-order valence-electron chi connectivity index (χ3n) is 4.63. The van der Waals surface area contributed by atoms with Crippen molar-refractivity contribution in [1.82, 2.24) is 14.1 Å². The average molecular weight is 439 g/mol. The molecular formula is C19H20F3N5O2S. The highest BCUT2D eigenvalue weighted by atomic mass is 32.2. The molecule has 0 spiro atoms. The van der Waals surface area contributed by atoms with E-state index >= 15 is 0 Å². The number of fused-ring (bicyclic) bond motifs is 1. The van der Waals surface area contributed by atoms with Gasteiger partial charge >= 0.3 is 11.9 Å². The highest BCUT2D eigenvalue weighted by Crippen LogP contribution is 2.33. The fraction of sp³-hybridized carbons (Fsp3) is 0.316. The zero-order valence-corrected chi connectivity index (χ0v) is 17.5. The lowest BCUT2D eigenvalue weighted by Gasteiger charge is -2.15. The molecule has 0 bridgehead atoms. The van der Waals surface area contributed by atoms with Crippen molar-refractivity contribution < 1.29 is 18.0 Å². The molecule has 0 aliphatic carbocycles. The number of pyridine rings is 1. The molecule has 0 saturated carbocycles. The Hall–Kier alpha value is -2.95. The van der Waals surface area contributed by atoms with Crippen LogP contribution in [-0.4, -0.2) is 32.8 Å². The SMILES string of the molecule is CCSc1cc2c(cc1C(=O)Nc1cc(C(F)(F)F)ncc1NC)n(C)c(=O)n2C. The molecule has 1 aromatic carbocycles. The van der Waals surface area contributed by atoms with Gasteiger partial charge in [0.05, 0.1) is 34.2 Å². The maximum Gasteiger partial charge on any atom is 0.433 e. The predicted octanol–water partition coefficient (Wildman–Crippen LogP) is 3.70. The summed E-state index contributed by atoms with van der Waals surface area (Å²) in [6, 6.07) is 4.11. The average Bonchev–Trinajstić information content (AvgIpc) is 2.90. The van der Waals surface area contributed by atoms with Crippen LogP contribution in [0.5, 0.6) is 0 Å². The molecule has 30 heavy (non-hydrogen) atoms. The van der Waals surface area contributed by atoms with Crippen molar-refractivity contribution in [2.45, 2.75) is 18.0 Å². The predicted molar refractivity (Wildman–Crippen MR) is 111 cm³/mol. The van der Waals surface area contributed by atoms with Crippen LogP contribution in [0.15, 0.2) is 34.1 Å². The van der Waals surface area contributed by atoms with Crippen molar-refractivity contribution in [1.29, 1.82) is 0 Å². The van der Waals surface area contributed by atoms with Crippen molar-refractivity contribution >= 4 is 40.1 Å². The number of thioether (sulfide) groups is 1. The van der Waals surface area contributed by atoms with Crippen molar-refractivity contribution in [3.63, 3.8) is 0 Å². The molecule has 0 fully saturated rings. The van der Waals surface area contributed by atoms with Gasteiger partial charge in [-0.15, -0.1) is 11.8 Å². The van der Waals surface area contributed by atoms with E-state index in [-0.39, 0.29) is 22.6 Å². The number of rotatable bonds is 5. The second-order valence-corrected chi connectivity index (χ2v) is 7.79. The van der Waals surface area contributed by atoms with Crippen LogP contribution in [-0.2, 0) is 20.3 Å². The van der Waals surface area contributed by atoms with Gasteiger partial charge in [-0.1, -0.05) is 6.92 Å². The Morgan fingerprint density at radius 1 is 1.13 bits per heavy atom. The number of alkyl halides is 3. The minimum atomic E-state index is -4.64. The van der Waals surface area contributed by atoms with Crippen LogP contribution in [0, 0.1) is 0 Å². The number of carbonyl (C=O) groups excluding carboxylic acids is 1. The lowest BCUT2D eigenvalue weighted by Crippen LogP contribution is -2.19. The third kappa shape index (κ3) is 3.89. The molecule has 2 N–H and O–H groups in total. The second-order valence-electron chi connectivity index (χ2n) is 6.49. The smallest absolute Gasteiger partial charge is 0.385 e. The zero-order chi connectivity index (χ0) is 22.2. The quantitative estimate of drug-likeness (QED) is 0.593. The van der Waals surface area contributed by atoms with Gasteiger partial charge in [0.25, 0.3) is 5.91 Å². The Kier molecular flexibility index (Phi) is 5.84. The number of carbonyl (C=O) groups is 1. The van der Waals surface area contributed by atoms with Crippen LogP contribution in [0.2, 0.25) is 0 Å². The van der Waals surface area contributed by atoms with Gasteiger partial charge in [0.15, 0.2) is 0 Å². The number of benzene rings is 1. The molecule has 0 saturated heterocycles. The lowest BCUT2D eigenvalue weighted by atomic mass is 10.1. The molecule has 160 valence electrons. The number of amides is 1. The number of aromatic nitrogens is 3. The Balaban J connectivity index is 2.10. The van der Waals surface area contributed by atoms with Crippen molar-refractivity contribution in [2.24, 2.45) is 14.1 Å². The minimum absolute atomic E-state index is 0.0423. The first-order valence-corrected chi connectivity index (χ1v) is 9.95. The lowest BCUT2D eigenvalue weighted by molar-refractivity contribution is -0.141. The summed E-state index contributed by atoms with van der Waals surface area (Å²) in [6.07, 6.45) is -3.62. The van der Waals surface area contributed by atoms with E-state index in [1.165, 1.54) is 27.9 Å². The fourth-order valence-corrected chi connectivity index (χ4v) is 3.89. The van der Waals surface area contributed by atoms with E-state index in [1.54, 1.807) is 26.2 Å². The van der Waals surface area contributed by atoms with E-state index in [0.717, 1.165) is 12.3 Å². The summed E-state index contributed by atoms with van der Waals surface area (Å²) in [7, 11) is 4.75. The molecule has 7 nitrogen and oxygen atoms in total. The summed E-state index contributed by atoms with van der Waals surface area (Å²) in [5.74, 6) is 0.0851. The van der Waals surface area contributed by atoms with Crippen LogP contribution < -0.4 is 16.3 Å². The number of nitrogens with zero attached hydrogens (tertiary/aromatic N) is 3. The molecule has 3 rings (SSSR count). The van der Waals surface area contributed by atoms with Gasteiger partial charge in [-0.05, 0) is 24.0 Å². The number of halogens is 3. The van der Waals surface area contributed by atoms with Crippen LogP contribution in [0.4, 0.5) is 24.5 Å². The number of hydrogen-bond donors (Lipinski definition) is 2. The molecule has 0 unspecified atom stereocenters. The van der Waals surface area contributed by atoms with Gasteiger partial charge in [0, 0.05) is 26.0 Å². The number of anilines is 2. The molecule has 0 atom stereocenters. The highest BCUT2D eigenvalue weighted by molar-refractivity contribution is 7.99. The topological polar surface area (TPSA) is 81.0 Å². The summed E-state index contributed by atoms with van der Waals surface area (Å²) in [6.45, 7) is 1.91. The fourth-order valence-electron chi connectivity index (χ4n) is 3.08. The van der Waals surface area contributed by atoms with Gasteiger partial charge in [0.1, 0.15) is 5.69 Å². The van der Waals surface area contributed by atoms with Crippen LogP contribution >= 0.6 is 11.8 Å². The highest BCUT2D eigenvalue weighted by Gasteiger charge is 2.33. The zero-order valence-electron chi connectivity index (χ0n) is 16.7. The van der Waals surface area contributed by atoms with E-state index in [0.29, 0.717) is 21.7 Å². The molecule has 0 radical (unpaired) electrons. The van der Waals surface area contributed by atoms with E-state index in [4.69, 9.17) is 0 Å². The first-order valence-electron chi connectivity index (χ1n) is 8.97. The normalized spacial score (nSPS) is 11.7. The standard InChI is InChI=1S/C19H20F3N5O2S/c1-5-30-15-8-14-13(26(3)18(29)27(14)4)6-10(15)17(28)25-11-7-16(19(20,21)22)24-9-12(11)23-2/h6-9,23H,5H2,1-4H3,(H,24,25,28). The van der Waals surface area contributed by atoms with E-state index in [9.17, 15) is 22.8 Å². The summed E-state index contributed by atoms with van der Waals surface area (Å²) < 4.78 is 42.1. The monoisotopic (exact) mass is 439 g/mol. The summed E-state index contributed by atoms with van der Waals surface area (Å²) in [4.78, 5) is 29.3. The van der Waals surface area contributed by atoms with Gasteiger partial charge in [-0.3, -0.25) is 13.9 Å². The maximum atomic E-state index is 13.1. The number of imidazole rings is 1. The van der Waals surface area contributed by atoms with E-state index in [1.807, 2.05) is 6.92 Å². The van der Waals surface area contributed by atoms with Gasteiger partial charge in [-0.25, -0.2) is 9.78 Å². The van der Waals surface area contributed by atoms with Crippen molar-refractivity contribution in [2.75, 3.05) is 23.4 Å². The molecule has 11 heteroatoms. The van der Waals surface area contributed by atoms with Gasteiger partial charge in [-0.2, -0.15) is 13.2 Å². The van der Waals surface area contributed by atoms with E-state index < -0.39 is 17.8 Å².